The van der Waals surface area contributed by atoms with Gasteiger partial charge in [0, 0.05) is 0 Å². The number of carbonyl (C=O) groups is 1. The van der Waals surface area contributed by atoms with Crippen LogP contribution in [0.4, 0.5) is 0 Å². The number of hydrogen-bond donors (Lipinski definition) is 3. The molecule has 1 aromatic heterocycles. The number of fused-ring (bicyclic) bond motifs is 1. The van der Waals surface area contributed by atoms with Crippen molar-refractivity contribution >= 4 is 17.0 Å². The maximum Gasteiger partial charge on any atom is 0.417 e. The summed E-state index contributed by atoms with van der Waals surface area (Å²) >= 11 is 0. The van der Waals surface area contributed by atoms with Crippen LogP contribution in [0.2, 0.25) is 0 Å². The third kappa shape index (κ3) is 1.76. The Morgan fingerprint density at radius 2 is 2.11 bits per heavy atom. The summed E-state index contributed by atoms with van der Waals surface area (Å²) in [6.07, 6.45) is 3.52. The Labute approximate surface area is 108 Å². The molecule has 19 heavy (non-hydrogen) atoms. The molecule has 1 saturated carbocycles. The summed E-state index contributed by atoms with van der Waals surface area (Å²) in [4.78, 5) is 25.9. The van der Waals surface area contributed by atoms with Gasteiger partial charge in [-0.1, -0.05) is 18.9 Å². The highest BCUT2D eigenvalue weighted by Crippen LogP contribution is 2.41. The maximum atomic E-state index is 12.1. The number of aromatic nitrogens is 1. The highest BCUT2D eigenvalue weighted by molar-refractivity contribution is 5.89. The lowest BCUT2D eigenvalue weighted by Crippen LogP contribution is -2.45. The molecule has 0 bridgehead atoms. The number of aromatic amines is 1. The van der Waals surface area contributed by atoms with Crippen LogP contribution in [0.3, 0.4) is 0 Å². The van der Waals surface area contributed by atoms with Gasteiger partial charge in [-0.3, -0.25) is 15.2 Å². The minimum atomic E-state index is -0.586. The Hall–Kier alpha value is -2.08. The van der Waals surface area contributed by atoms with Crippen molar-refractivity contribution < 1.29 is 9.21 Å². The van der Waals surface area contributed by atoms with Crippen molar-refractivity contribution in [3.05, 3.63) is 34.3 Å². The Kier molecular flexibility index (Phi) is 2.67. The number of amides is 1. The normalized spacial score (nSPS) is 17.7. The Bertz CT molecular complexity index is 680. The number of nitrogens with one attached hydrogen (secondary N) is 2. The van der Waals surface area contributed by atoms with Gasteiger partial charge < -0.3 is 4.42 Å². The van der Waals surface area contributed by atoms with E-state index in [1.807, 2.05) is 6.07 Å². The predicted molar refractivity (Wildman–Crippen MR) is 69.3 cm³/mol. The van der Waals surface area contributed by atoms with E-state index in [9.17, 15) is 9.59 Å². The highest BCUT2D eigenvalue weighted by Gasteiger charge is 2.42. The lowest BCUT2D eigenvalue weighted by Gasteiger charge is -2.27. The first-order valence-electron chi connectivity index (χ1n) is 6.30. The predicted octanol–water partition coefficient (Wildman–Crippen LogP) is 0.923. The van der Waals surface area contributed by atoms with Crippen LogP contribution >= 0.6 is 0 Å². The van der Waals surface area contributed by atoms with E-state index in [1.165, 1.54) is 0 Å². The van der Waals surface area contributed by atoms with Gasteiger partial charge in [0.15, 0.2) is 5.58 Å². The average molecular weight is 261 g/mol. The molecule has 1 aromatic carbocycles. The van der Waals surface area contributed by atoms with E-state index in [1.54, 1.807) is 12.1 Å². The summed E-state index contributed by atoms with van der Waals surface area (Å²) in [6, 6.07) is 5.35. The molecule has 6 heteroatoms. The number of nitrogens with two attached hydrogens (primary N) is 1. The molecule has 0 atom stereocenters. The number of carbonyl (C=O) groups excluding carboxylic acids is 1. The van der Waals surface area contributed by atoms with Crippen LogP contribution in [0, 0.1) is 0 Å². The molecule has 0 unspecified atom stereocenters. The third-order valence-electron chi connectivity index (χ3n) is 3.99. The molecule has 1 aliphatic carbocycles. The smallest absolute Gasteiger partial charge is 0.408 e. The molecule has 0 radical (unpaired) electrons. The zero-order valence-electron chi connectivity index (χ0n) is 10.4. The van der Waals surface area contributed by atoms with Crippen LogP contribution in [0.25, 0.3) is 11.1 Å². The van der Waals surface area contributed by atoms with E-state index >= 15 is 0 Å². The van der Waals surface area contributed by atoms with E-state index in [0.717, 1.165) is 31.2 Å². The monoisotopic (exact) mass is 261 g/mol. The molecule has 100 valence electrons. The van der Waals surface area contributed by atoms with Crippen LogP contribution in [0.5, 0.6) is 0 Å². The molecule has 1 aliphatic rings. The first-order chi connectivity index (χ1) is 9.15. The van der Waals surface area contributed by atoms with Crippen molar-refractivity contribution in [2.75, 3.05) is 0 Å². The van der Waals surface area contributed by atoms with Gasteiger partial charge in [0.05, 0.1) is 10.9 Å². The molecule has 6 nitrogen and oxygen atoms in total. The largest absolute Gasteiger partial charge is 0.417 e. The van der Waals surface area contributed by atoms with Crippen molar-refractivity contribution in [1.29, 1.82) is 0 Å². The maximum absolute atomic E-state index is 12.1. The van der Waals surface area contributed by atoms with Gasteiger partial charge in [0.2, 0.25) is 5.91 Å². The van der Waals surface area contributed by atoms with Crippen LogP contribution in [0.15, 0.2) is 27.4 Å². The molecular weight excluding hydrogens is 246 g/mol. The van der Waals surface area contributed by atoms with Crippen LogP contribution in [-0.2, 0) is 10.2 Å². The summed E-state index contributed by atoms with van der Waals surface area (Å²) in [5, 5.41) is 0. The topological polar surface area (TPSA) is 101 Å². The van der Waals surface area contributed by atoms with Crippen molar-refractivity contribution in [3.8, 4) is 0 Å². The van der Waals surface area contributed by atoms with Crippen molar-refractivity contribution in [2.45, 2.75) is 31.1 Å². The quantitative estimate of drug-likeness (QED) is 0.425. The second-order valence-electron chi connectivity index (χ2n) is 4.99. The molecule has 0 aliphatic heterocycles. The summed E-state index contributed by atoms with van der Waals surface area (Å²) in [5.74, 6) is 4.65. The first-order valence-corrected chi connectivity index (χ1v) is 6.30. The average Bonchev–Trinajstić information content (AvgIpc) is 3.02. The molecule has 4 N–H and O–H groups in total. The van der Waals surface area contributed by atoms with E-state index < -0.39 is 11.2 Å². The van der Waals surface area contributed by atoms with Crippen molar-refractivity contribution in [2.24, 2.45) is 5.84 Å². The fraction of sp³-hybridized carbons (Fsp3) is 0.385. The molecule has 0 saturated heterocycles. The standard InChI is InChI=1S/C13H15N3O3/c14-16-11(17)13(5-1-2-6-13)8-3-4-10-9(7-8)15-12(18)19-10/h3-4,7H,1-2,5-6,14H2,(H,15,18)(H,16,17). The second-order valence-corrected chi connectivity index (χ2v) is 4.99. The highest BCUT2D eigenvalue weighted by atomic mass is 16.4. The SMILES string of the molecule is NNC(=O)C1(c2ccc3oc(=O)[nH]c3c2)CCCC1. The Morgan fingerprint density at radius 1 is 1.37 bits per heavy atom. The lowest BCUT2D eigenvalue weighted by atomic mass is 9.78. The first kappa shape index (κ1) is 12.0. The van der Waals surface area contributed by atoms with Gasteiger partial charge in [0.1, 0.15) is 0 Å². The number of rotatable bonds is 2. The van der Waals surface area contributed by atoms with Gasteiger partial charge in [-0.25, -0.2) is 10.6 Å². The summed E-state index contributed by atoms with van der Waals surface area (Å²) in [5.41, 5.74) is 3.66. The molecule has 1 heterocycles. The van der Waals surface area contributed by atoms with Gasteiger partial charge in [-0.05, 0) is 30.5 Å². The van der Waals surface area contributed by atoms with Crippen LogP contribution in [-0.4, -0.2) is 10.9 Å². The van der Waals surface area contributed by atoms with E-state index in [4.69, 9.17) is 10.3 Å². The minimum absolute atomic E-state index is 0.171. The molecule has 2 aromatic rings. The summed E-state index contributed by atoms with van der Waals surface area (Å²) < 4.78 is 4.97. The molecule has 0 spiro atoms. The van der Waals surface area contributed by atoms with Gasteiger partial charge in [-0.15, -0.1) is 0 Å². The van der Waals surface area contributed by atoms with Gasteiger partial charge in [0.25, 0.3) is 0 Å². The molecular formula is C13H15N3O3. The Morgan fingerprint density at radius 3 is 2.79 bits per heavy atom. The Balaban J connectivity index is 2.14. The summed E-state index contributed by atoms with van der Waals surface area (Å²) in [7, 11) is 0. The van der Waals surface area contributed by atoms with Crippen molar-refractivity contribution in [1.82, 2.24) is 10.4 Å². The number of hydrogen-bond acceptors (Lipinski definition) is 4. The van der Waals surface area contributed by atoms with E-state index in [-0.39, 0.29) is 5.91 Å². The van der Waals surface area contributed by atoms with Crippen molar-refractivity contribution in [3.63, 3.8) is 0 Å². The molecule has 3 rings (SSSR count). The number of H-pyrrole nitrogens is 1. The molecule has 1 fully saturated rings. The van der Waals surface area contributed by atoms with Crippen LogP contribution < -0.4 is 17.0 Å². The fourth-order valence-corrected chi connectivity index (χ4v) is 3.01. The third-order valence-corrected chi connectivity index (χ3v) is 3.99. The van der Waals surface area contributed by atoms with Gasteiger partial charge in [-0.2, -0.15) is 0 Å². The molecule has 1 amide bonds. The zero-order valence-corrected chi connectivity index (χ0v) is 10.4. The number of benzene rings is 1. The lowest BCUT2D eigenvalue weighted by molar-refractivity contribution is -0.126. The van der Waals surface area contributed by atoms with E-state index in [0.29, 0.717) is 11.1 Å². The second kappa shape index (κ2) is 4.24. The zero-order chi connectivity index (χ0) is 13.5. The van der Waals surface area contributed by atoms with Crippen LogP contribution in [0.1, 0.15) is 31.2 Å². The minimum Gasteiger partial charge on any atom is -0.408 e. The number of hydrazine groups is 1. The van der Waals surface area contributed by atoms with Gasteiger partial charge >= 0.3 is 5.76 Å². The van der Waals surface area contributed by atoms with E-state index in [2.05, 4.69) is 10.4 Å². The fourth-order valence-electron chi connectivity index (χ4n) is 3.01. The number of oxazole rings is 1. The summed E-state index contributed by atoms with van der Waals surface area (Å²) in [6.45, 7) is 0.